The van der Waals surface area contributed by atoms with Gasteiger partial charge in [-0.15, -0.1) is 0 Å². The van der Waals surface area contributed by atoms with E-state index in [9.17, 15) is 0 Å². The molecule has 636 valence electrons. The first-order valence-electron chi connectivity index (χ1n) is 46.9. The van der Waals surface area contributed by atoms with Gasteiger partial charge in [0.1, 0.15) is 42.3 Å². The monoisotopic (exact) mass is 1660 g/mol. The van der Waals surface area contributed by atoms with Gasteiger partial charge in [-0.1, -0.05) is 215 Å². The summed E-state index contributed by atoms with van der Waals surface area (Å²) in [7, 11) is 12.6. The Morgan fingerprint density at radius 1 is 0.230 bits per heavy atom. The molecule has 6 heterocycles. The first-order chi connectivity index (χ1) is 62.0. The van der Waals surface area contributed by atoms with E-state index in [4.69, 9.17) is 6.85 Å². The highest BCUT2D eigenvalue weighted by atomic mass is 14.9. The van der Waals surface area contributed by atoms with Gasteiger partial charge in [0.05, 0.1) is 43.8 Å². The minimum absolute atomic E-state index is 0.506. The van der Waals surface area contributed by atoms with Gasteiger partial charge in [-0.2, -0.15) is 0 Å². The molecule has 0 saturated heterocycles. The maximum Gasteiger partial charge on any atom is 0.220 e. The van der Waals surface area contributed by atoms with Gasteiger partial charge >= 0.3 is 0 Å². The molecule has 0 aliphatic rings. The third-order valence-electron chi connectivity index (χ3n) is 25.5. The van der Waals surface area contributed by atoms with E-state index in [0.717, 1.165) is 22.0 Å². The third kappa shape index (κ3) is 20.1. The van der Waals surface area contributed by atoms with Crippen LogP contribution in [0.2, 0.25) is 0 Å². The highest BCUT2D eigenvalue weighted by molar-refractivity contribution is 5.98. The SMILES string of the molecule is Cc1cc(C)c(C)c(-c2c3ccc(C(C)C)cc3cc[n+]2C)c1.Cc1cc(C)c(C)c(-c2c3ccccc3cc[n+]2C)c1.Cc1ccc(-c2cc3ccccc3c[n+]2C)c(C)c1.Cc1ccccc1-c1cc2ccccc2c[n+]1C.[2H]C(C)(C)c1ccc2c(-c3cc(C)cc(C)c3C)[n+](C)ccc2c1.[2H]C([2H])([2H])C([2H])(C)c1ccc2c(-c3cc(C)cc(C)c3C)[n+](C)ccc2c1. The number of fused-ring (bicyclic) bond motifs is 6. The largest absolute Gasteiger partial charge is 0.220 e. The lowest BCUT2D eigenvalue weighted by molar-refractivity contribution is -0.659. The second kappa shape index (κ2) is 39.1. The van der Waals surface area contributed by atoms with Crippen LogP contribution in [-0.2, 0) is 42.3 Å². The number of aryl methyl sites for hydroxylation is 17. The summed E-state index contributed by atoms with van der Waals surface area (Å²) in [5.74, 6) is -1.67. The van der Waals surface area contributed by atoms with Gasteiger partial charge in [-0.25, -0.2) is 27.4 Å². The molecule has 12 aromatic carbocycles. The molecule has 0 bridgehead atoms. The molecule has 1 atom stereocenters. The molecule has 6 heteroatoms. The molecule has 126 heavy (non-hydrogen) atoms. The molecule has 0 aliphatic carbocycles. The second-order valence-electron chi connectivity index (χ2n) is 35.9. The predicted molar refractivity (Wildman–Crippen MR) is 537 cm³/mol. The summed E-state index contributed by atoms with van der Waals surface area (Å²) in [5, 5.41) is 14.8. The molecule has 0 fully saturated rings. The predicted octanol–water partition coefficient (Wildman–Crippen LogP) is 28.0. The molecule has 0 radical (unpaired) electrons. The molecule has 18 aromatic rings. The van der Waals surface area contributed by atoms with Crippen molar-refractivity contribution >= 4 is 64.6 Å². The molecule has 0 amide bonds. The standard InChI is InChI=1S/3C22H26N.C19H20N.C18H18N.C17H16N/c3*1-14(2)18-7-8-20-19(13-18)9-10-23(6)22(20)21-12-15(3)11-16(4)17(21)5;1-13-11-14(2)15(3)18(12-13)19-17-8-6-5-7-16(17)9-10-20(19)4;1-13-8-9-17(14(2)10-13)18-11-15-6-4-5-7-16(15)12-19(18)3;1-13-7-3-6-10-16(13)17-11-14-8-4-5-9-15(14)12-18(17)2/h3*7-14H,1-6H3;5-12H,1-4H3;4-12H,1-3H3;3-12H,1-2H3/q6*+1/i1D3,14D;14D;;;;. The Bertz CT molecular complexity index is 7390. The average Bonchev–Trinajstić information content (AvgIpc) is 0.725. The molecule has 0 N–H and O–H groups in total. The molecule has 1 unspecified atom stereocenters. The first-order valence-corrected chi connectivity index (χ1v) is 44.4. The number of aromatic nitrogens is 6. The summed E-state index contributed by atoms with van der Waals surface area (Å²) in [4.78, 5) is 0. The molecule has 6 aromatic heterocycles. The Balaban J connectivity index is 0.000000134. The quantitative estimate of drug-likeness (QED) is 0.129. The molecule has 0 aliphatic heterocycles. The zero-order valence-corrected chi connectivity index (χ0v) is 79.5. The smallest absolute Gasteiger partial charge is 0.200 e. The summed E-state index contributed by atoms with van der Waals surface area (Å²) in [6.07, 6.45) is 12.8. The van der Waals surface area contributed by atoms with Crippen LogP contribution in [-0.4, -0.2) is 0 Å². The fraction of sp³-hybridized carbons (Fsp3) is 0.250. The Labute approximate surface area is 759 Å². The van der Waals surface area contributed by atoms with Crippen molar-refractivity contribution in [1.82, 2.24) is 0 Å². The van der Waals surface area contributed by atoms with Crippen LogP contribution in [0.25, 0.3) is 132 Å². The zero-order valence-electron chi connectivity index (χ0n) is 84.5. The Morgan fingerprint density at radius 3 is 0.905 bits per heavy atom. The van der Waals surface area contributed by atoms with E-state index in [1.54, 1.807) is 6.07 Å². The van der Waals surface area contributed by atoms with Crippen molar-refractivity contribution in [3.05, 3.63) is 392 Å². The number of benzene rings is 12. The molecule has 0 spiro atoms. The lowest BCUT2D eigenvalue weighted by Gasteiger charge is -2.12. The number of rotatable bonds is 9. The fourth-order valence-electron chi connectivity index (χ4n) is 17.9. The Hall–Kier alpha value is -12.9. The van der Waals surface area contributed by atoms with Crippen LogP contribution < -0.4 is 27.4 Å². The Morgan fingerprint density at radius 2 is 0.540 bits per heavy atom. The summed E-state index contributed by atoms with van der Waals surface area (Å²) >= 11 is 0. The lowest BCUT2D eigenvalue weighted by Crippen LogP contribution is -2.30. The third-order valence-corrected chi connectivity index (χ3v) is 25.5. The molecule has 6 nitrogen and oxygen atoms in total. The van der Waals surface area contributed by atoms with E-state index in [2.05, 4.69) is 442 Å². The van der Waals surface area contributed by atoms with Gasteiger partial charge in [0.25, 0.3) is 0 Å². The van der Waals surface area contributed by atoms with E-state index < -0.39 is 18.6 Å². The lowest BCUT2D eigenvalue weighted by atomic mass is 9.93. The minimum atomic E-state index is -2.38. The van der Waals surface area contributed by atoms with Crippen molar-refractivity contribution in [1.29, 1.82) is 0 Å². The van der Waals surface area contributed by atoms with Crippen molar-refractivity contribution in [2.45, 2.75) is 163 Å². The van der Waals surface area contributed by atoms with E-state index in [0.29, 0.717) is 11.5 Å². The highest BCUT2D eigenvalue weighted by Gasteiger charge is 2.25. The van der Waals surface area contributed by atoms with Crippen LogP contribution in [0.3, 0.4) is 0 Å². The highest BCUT2D eigenvalue weighted by Crippen LogP contribution is 2.38. The van der Waals surface area contributed by atoms with E-state index in [1.807, 2.05) is 45.3 Å². The summed E-state index contributed by atoms with van der Waals surface area (Å²) in [6, 6.07) is 90.7. The van der Waals surface area contributed by atoms with Crippen LogP contribution in [0.1, 0.15) is 166 Å². The van der Waals surface area contributed by atoms with Gasteiger partial charge in [0, 0.05) is 65.2 Å². The number of pyridine rings is 6. The van der Waals surface area contributed by atoms with Gasteiger partial charge in [-0.05, 0) is 299 Å². The summed E-state index contributed by atoms with van der Waals surface area (Å²) < 4.78 is 53.0. The molecule has 18 rings (SSSR count). The van der Waals surface area contributed by atoms with E-state index >= 15 is 0 Å². The molecular formula is C120H132N6+6. The van der Waals surface area contributed by atoms with Crippen molar-refractivity contribution in [3.63, 3.8) is 0 Å². The van der Waals surface area contributed by atoms with Crippen LogP contribution in [0.5, 0.6) is 0 Å². The van der Waals surface area contributed by atoms with Gasteiger partial charge in [0.2, 0.25) is 34.2 Å². The van der Waals surface area contributed by atoms with Crippen LogP contribution in [0.15, 0.2) is 292 Å². The van der Waals surface area contributed by atoms with Crippen molar-refractivity contribution < 1.29 is 34.3 Å². The summed E-state index contributed by atoms with van der Waals surface area (Å²) in [5.41, 5.74) is 37.8. The topological polar surface area (TPSA) is 23.3 Å². The van der Waals surface area contributed by atoms with Crippen molar-refractivity contribution in [2.75, 3.05) is 0 Å². The van der Waals surface area contributed by atoms with E-state index in [1.165, 1.54) is 212 Å². The van der Waals surface area contributed by atoms with Gasteiger partial charge in [-0.3, -0.25) is 0 Å². The van der Waals surface area contributed by atoms with Gasteiger partial charge in [0.15, 0.2) is 37.2 Å². The maximum atomic E-state index is 8.38. The molecule has 0 saturated carbocycles. The Kier molecular flexibility index (Phi) is 26.1. The van der Waals surface area contributed by atoms with Crippen molar-refractivity contribution in [2.24, 2.45) is 42.3 Å². The zero-order chi connectivity index (χ0) is 94.7. The van der Waals surface area contributed by atoms with Crippen LogP contribution in [0, 0.1) is 104 Å². The van der Waals surface area contributed by atoms with Crippen LogP contribution >= 0.6 is 0 Å². The fourth-order valence-corrected chi connectivity index (χ4v) is 17.9. The van der Waals surface area contributed by atoms with Gasteiger partial charge < -0.3 is 0 Å². The summed E-state index contributed by atoms with van der Waals surface area (Å²) in [6.45, 7) is 40.0. The number of hydrogen-bond donors (Lipinski definition) is 0. The van der Waals surface area contributed by atoms with Crippen molar-refractivity contribution in [3.8, 4) is 67.5 Å². The first kappa shape index (κ1) is 84.0. The second-order valence-corrected chi connectivity index (χ2v) is 35.9. The number of nitrogens with zero attached hydrogens (tertiary/aromatic N) is 6. The maximum absolute atomic E-state index is 8.38. The normalized spacial score (nSPS) is 12.4. The minimum Gasteiger partial charge on any atom is -0.200 e. The van der Waals surface area contributed by atoms with Crippen LogP contribution in [0.4, 0.5) is 0 Å². The molecular weight excluding hydrogens is 1530 g/mol. The average molecular weight is 1660 g/mol. The number of hydrogen-bond acceptors (Lipinski definition) is 0. The van der Waals surface area contributed by atoms with E-state index in [-0.39, 0.29) is 0 Å².